The third-order valence-corrected chi connectivity index (χ3v) is 6.20. The van der Waals surface area contributed by atoms with E-state index >= 15 is 0 Å². The Morgan fingerprint density at radius 3 is 2.44 bits per heavy atom. The van der Waals surface area contributed by atoms with E-state index in [1.54, 1.807) is 6.07 Å². The highest BCUT2D eigenvalue weighted by atomic mass is 32.1. The van der Waals surface area contributed by atoms with E-state index in [2.05, 4.69) is 39.8 Å². The first-order valence-electron chi connectivity index (χ1n) is 9.65. The number of carbonyl (C=O) groups is 2. The van der Waals surface area contributed by atoms with Gasteiger partial charge in [-0.15, -0.1) is 11.3 Å². The summed E-state index contributed by atoms with van der Waals surface area (Å²) in [6.07, 6.45) is 3.89. The van der Waals surface area contributed by atoms with E-state index in [9.17, 15) is 9.59 Å². The van der Waals surface area contributed by atoms with Crippen molar-refractivity contribution in [1.29, 1.82) is 0 Å². The second-order valence-corrected chi connectivity index (χ2v) is 8.52. The Morgan fingerprint density at radius 1 is 1.00 bits per heavy atom. The van der Waals surface area contributed by atoms with Gasteiger partial charge in [0.15, 0.2) is 0 Å². The van der Waals surface area contributed by atoms with Crippen LogP contribution in [-0.4, -0.2) is 35.8 Å². The van der Waals surface area contributed by atoms with Gasteiger partial charge in [-0.2, -0.15) is 0 Å². The topological polar surface area (TPSA) is 61.4 Å². The molecule has 1 aromatic carbocycles. The van der Waals surface area contributed by atoms with E-state index in [1.165, 1.54) is 16.9 Å². The summed E-state index contributed by atoms with van der Waals surface area (Å²) in [5.41, 5.74) is 1.33. The Kier molecular flexibility index (Phi) is 5.55. The van der Waals surface area contributed by atoms with Crippen LogP contribution in [0.3, 0.4) is 0 Å². The average molecular weight is 384 g/mol. The van der Waals surface area contributed by atoms with Crippen LogP contribution in [0.5, 0.6) is 0 Å². The first kappa shape index (κ1) is 18.2. The lowest BCUT2D eigenvalue weighted by Gasteiger charge is -2.32. The van der Waals surface area contributed by atoms with Gasteiger partial charge in [-0.05, 0) is 43.4 Å². The SMILES string of the molecule is O=C(NC1CCN(Cc2ccccc2)CC1)c1ccc(NC(=O)C2CC2)s1. The van der Waals surface area contributed by atoms with Gasteiger partial charge in [-0.3, -0.25) is 14.5 Å². The number of carbonyl (C=O) groups excluding carboxylic acids is 2. The monoisotopic (exact) mass is 383 g/mol. The van der Waals surface area contributed by atoms with Crippen LogP contribution >= 0.6 is 11.3 Å². The summed E-state index contributed by atoms with van der Waals surface area (Å²) in [4.78, 5) is 27.4. The predicted molar refractivity (Wildman–Crippen MR) is 108 cm³/mol. The van der Waals surface area contributed by atoms with Crippen LogP contribution in [0.1, 0.15) is 40.9 Å². The summed E-state index contributed by atoms with van der Waals surface area (Å²) < 4.78 is 0. The van der Waals surface area contributed by atoms with E-state index in [0.29, 0.717) is 4.88 Å². The van der Waals surface area contributed by atoms with Gasteiger partial charge in [0.2, 0.25) is 5.91 Å². The quantitative estimate of drug-likeness (QED) is 0.803. The van der Waals surface area contributed by atoms with Crippen LogP contribution in [-0.2, 0) is 11.3 Å². The molecular formula is C21H25N3O2S. The fourth-order valence-electron chi connectivity index (χ4n) is 3.43. The van der Waals surface area contributed by atoms with Crippen molar-refractivity contribution in [2.75, 3.05) is 18.4 Å². The number of thiophene rings is 1. The summed E-state index contributed by atoms with van der Waals surface area (Å²) in [6.45, 7) is 2.95. The highest BCUT2D eigenvalue weighted by molar-refractivity contribution is 7.18. The molecule has 2 aromatic rings. The number of hydrogen-bond acceptors (Lipinski definition) is 4. The van der Waals surface area contributed by atoms with Gasteiger partial charge in [-0.1, -0.05) is 30.3 Å². The van der Waals surface area contributed by atoms with Crippen molar-refractivity contribution in [2.24, 2.45) is 5.92 Å². The first-order chi connectivity index (χ1) is 13.2. The van der Waals surface area contributed by atoms with Crippen LogP contribution in [0.25, 0.3) is 0 Å². The van der Waals surface area contributed by atoms with Gasteiger partial charge < -0.3 is 10.6 Å². The zero-order valence-corrected chi connectivity index (χ0v) is 16.1. The van der Waals surface area contributed by atoms with Crippen molar-refractivity contribution in [3.05, 3.63) is 52.9 Å². The summed E-state index contributed by atoms with van der Waals surface area (Å²) >= 11 is 1.35. The molecule has 1 aliphatic heterocycles. The van der Waals surface area contributed by atoms with Crippen LogP contribution in [0.4, 0.5) is 5.00 Å². The fraction of sp³-hybridized carbons (Fsp3) is 0.429. The molecule has 1 aromatic heterocycles. The van der Waals surface area contributed by atoms with Gasteiger partial charge in [-0.25, -0.2) is 0 Å². The molecule has 142 valence electrons. The van der Waals surface area contributed by atoms with E-state index in [0.717, 1.165) is 50.3 Å². The lowest BCUT2D eigenvalue weighted by atomic mass is 10.0. The molecule has 2 N–H and O–H groups in total. The first-order valence-corrected chi connectivity index (χ1v) is 10.5. The molecule has 1 saturated heterocycles. The van der Waals surface area contributed by atoms with Gasteiger partial charge in [0.25, 0.3) is 5.91 Å². The lowest BCUT2D eigenvalue weighted by Crippen LogP contribution is -2.44. The van der Waals surface area contributed by atoms with Crippen LogP contribution in [0, 0.1) is 5.92 Å². The molecule has 0 radical (unpaired) electrons. The van der Waals surface area contributed by atoms with E-state index in [4.69, 9.17) is 0 Å². The smallest absolute Gasteiger partial charge is 0.261 e. The van der Waals surface area contributed by atoms with Gasteiger partial charge in [0.05, 0.1) is 9.88 Å². The number of nitrogens with zero attached hydrogens (tertiary/aromatic N) is 1. The largest absolute Gasteiger partial charge is 0.349 e. The summed E-state index contributed by atoms with van der Waals surface area (Å²) in [6, 6.07) is 14.3. The number of nitrogens with one attached hydrogen (secondary N) is 2. The number of rotatable bonds is 6. The zero-order valence-electron chi connectivity index (χ0n) is 15.3. The Bertz CT molecular complexity index is 793. The Balaban J connectivity index is 1.23. The second kappa shape index (κ2) is 8.23. The molecule has 2 fully saturated rings. The molecule has 1 aliphatic carbocycles. The molecule has 2 amide bonds. The van der Waals surface area contributed by atoms with Gasteiger partial charge >= 0.3 is 0 Å². The molecule has 0 unspecified atom stereocenters. The molecule has 0 atom stereocenters. The molecule has 6 heteroatoms. The van der Waals surface area contributed by atoms with Crippen LogP contribution in [0.2, 0.25) is 0 Å². The maximum atomic E-state index is 12.5. The van der Waals surface area contributed by atoms with Crippen molar-refractivity contribution in [1.82, 2.24) is 10.2 Å². The zero-order chi connectivity index (χ0) is 18.6. The number of anilines is 1. The lowest BCUT2D eigenvalue weighted by molar-refractivity contribution is -0.117. The number of benzene rings is 1. The minimum absolute atomic E-state index is 0.0339. The average Bonchev–Trinajstić information content (AvgIpc) is 3.44. The van der Waals surface area contributed by atoms with Crippen molar-refractivity contribution >= 4 is 28.2 Å². The minimum Gasteiger partial charge on any atom is -0.349 e. The van der Waals surface area contributed by atoms with E-state index < -0.39 is 0 Å². The van der Waals surface area contributed by atoms with E-state index in [-0.39, 0.29) is 23.8 Å². The predicted octanol–water partition coefficient (Wildman–Crippen LogP) is 3.49. The summed E-state index contributed by atoms with van der Waals surface area (Å²) in [5.74, 6) is 0.216. The molecular weight excluding hydrogens is 358 g/mol. The number of hydrogen-bond donors (Lipinski definition) is 2. The fourth-order valence-corrected chi connectivity index (χ4v) is 4.24. The normalized spacial score (nSPS) is 18.2. The van der Waals surface area contributed by atoms with Crippen LogP contribution < -0.4 is 10.6 Å². The molecule has 27 heavy (non-hydrogen) atoms. The minimum atomic E-state index is -0.0339. The van der Waals surface area contributed by atoms with Crippen molar-refractivity contribution in [3.8, 4) is 0 Å². The van der Waals surface area contributed by atoms with Gasteiger partial charge in [0.1, 0.15) is 0 Å². The molecule has 2 aliphatic rings. The second-order valence-electron chi connectivity index (χ2n) is 7.44. The van der Waals surface area contributed by atoms with Crippen LogP contribution in [0.15, 0.2) is 42.5 Å². The highest BCUT2D eigenvalue weighted by Crippen LogP contribution is 2.31. The molecule has 0 spiro atoms. The molecule has 5 nitrogen and oxygen atoms in total. The molecule has 4 rings (SSSR count). The van der Waals surface area contributed by atoms with Crippen molar-refractivity contribution in [2.45, 2.75) is 38.3 Å². The summed E-state index contributed by atoms with van der Waals surface area (Å²) in [5, 5.41) is 6.82. The third kappa shape index (κ3) is 4.96. The third-order valence-electron chi connectivity index (χ3n) is 5.20. The van der Waals surface area contributed by atoms with Crippen molar-refractivity contribution < 1.29 is 9.59 Å². The molecule has 2 heterocycles. The summed E-state index contributed by atoms with van der Waals surface area (Å²) in [7, 11) is 0. The Hall–Kier alpha value is -2.18. The molecule has 1 saturated carbocycles. The standard InChI is InChI=1S/C21H25N3O2S/c25-20(16-6-7-16)23-19-9-8-18(27-19)21(26)22-17-10-12-24(13-11-17)14-15-4-2-1-3-5-15/h1-5,8-9,16-17H,6-7,10-14H2,(H,22,26)(H,23,25). The van der Waals surface area contributed by atoms with E-state index in [1.807, 2.05) is 12.1 Å². The number of piperidine rings is 1. The number of likely N-dealkylation sites (tertiary alicyclic amines) is 1. The Labute approximate surface area is 163 Å². The highest BCUT2D eigenvalue weighted by Gasteiger charge is 2.30. The molecule has 0 bridgehead atoms. The maximum absolute atomic E-state index is 12.5. The maximum Gasteiger partial charge on any atom is 0.261 e. The number of amides is 2. The van der Waals surface area contributed by atoms with Gasteiger partial charge in [0, 0.05) is 31.6 Å². The van der Waals surface area contributed by atoms with Crippen molar-refractivity contribution in [3.63, 3.8) is 0 Å². The Morgan fingerprint density at radius 2 is 1.74 bits per heavy atom.